The Morgan fingerprint density at radius 3 is 2.92 bits per heavy atom. The van der Waals surface area contributed by atoms with Crippen LogP contribution >= 0.6 is 12.2 Å². The molecule has 13 heavy (non-hydrogen) atoms. The molecule has 1 aliphatic carbocycles. The molecule has 1 nitrogen and oxygen atoms in total. The monoisotopic (exact) mass is 192 g/mol. The molecule has 0 N–H and O–H groups in total. The summed E-state index contributed by atoms with van der Waals surface area (Å²) in [5.74, 6) is 1.34. The lowest BCUT2D eigenvalue weighted by molar-refractivity contribution is 0.414. The van der Waals surface area contributed by atoms with E-state index in [4.69, 9.17) is 17.0 Å². The lowest BCUT2D eigenvalue weighted by atomic mass is 10.0. The van der Waals surface area contributed by atoms with Gasteiger partial charge in [-0.3, -0.25) is 0 Å². The Bertz CT molecular complexity index is 357. The zero-order chi connectivity index (χ0) is 9.42. The molecule has 0 aliphatic heterocycles. The van der Waals surface area contributed by atoms with Gasteiger partial charge < -0.3 is 4.74 Å². The summed E-state index contributed by atoms with van der Waals surface area (Å²) in [6.07, 6.45) is 0.954. The molecule has 0 fully saturated rings. The fourth-order valence-electron chi connectivity index (χ4n) is 1.78. The summed E-state index contributed by atoms with van der Waals surface area (Å²) < 4.78 is 5.18. The standard InChI is InChI=1S/C11H12OS/c1-7-10-6-9(12-2)4-3-8(10)5-11(7)13/h3-4,6-7H,5H2,1-2H3. The van der Waals surface area contributed by atoms with E-state index in [2.05, 4.69) is 19.1 Å². The summed E-state index contributed by atoms with van der Waals surface area (Å²) >= 11 is 5.29. The van der Waals surface area contributed by atoms with E-state index in [-0.39, 0.29) is 0 Å². The Kier molecular flexibility index (Phi) is 2.08. The Hall–Kier alpha value is -0.890. The topological polar surface area (TPSA) is 9.23 Å². The number of fused-ring (bicyclic) bond motifs is 1. The van der Waals surface area contributed by atoms with E-state index in [0.29, 0.717) is 5.92 Å². The second-order valence-corrected chi connectivity index (χ2v) is 3.95. The van der Waals surface area contributed by atoms with Crippen molar-refractivity contribution in [3.8, 4) is 5.75 Å². The summed E-state index contributed by atoms with van der Waals surface area (Å²) in [7, 11) is 1.69. The van der Waals surface area contributed by atoms with Gasteiger partial charge in [0.25, 0.3) is 0 Å². The zero-order valence-electron chi connectivity index (χ0n) is 7.83. The van der Waals surface area contributed by atoms with Crippen molar-refractivity contribution in [2.75, 3.05) is 7.11 Å². The molecule has 0 heterocycles. The molecule has 2 rings (SSSR count). The molecular weight excluding hydrogens is 180 g/mol. The Morgan fingerprint density at radius 2 is 2.23 bits per heavy atom. The van der Waals surface area contributed by atoms with Crippen LogP contribution < -0.4 is 4.74 Å². The third-order valence-electron chi connectivity index (χ3n) is 2.67. The van der Waals surface area contributed by atoms with Gasteiger partial charge in [0.1, 0.15) is 5.75 Å². The van der Waals surface area contributed by atoms with Crippen LogP contribution in [0.15, 0.2) is 18.2 Å². The van der Waals surface area contributed by atoms with Crippen LogP contribution in [-0.4, -0.2) is 12.0 Å². The van der Waals surface area contributed by atoms with Gasteiger partial charge in [0.15, 0.2) is 0 Å². The maximum atomic E-state index is 5.29. The van der Waals surface area contributed by atoms with Crippen LogP contribution in [0, 0.1) is 0 Å². The first-order valence-electron chi connectivity index (χ1n) is 4.42. The third-order valence-corrected chi connectivity index (χ3v) is 3.17. The maximum absolute atomic E-state index is 5.29. The average Bonchev–Trinajstić information content (AvgIpc) is 2.43. The van der Waals surface area contributed by atoms with E-state index >= 15 is 0 Å². The van der Waals surface area contributed by atoms with E-state index in [1.807, 2.05) is 6.07 Å². The molecule has 0 bridgehead atoms. The summed E-state index contributed by atoms with van der Waals surface area (Å²) in [6, 6.07) is 6.21. The maximum Gasteiger partial charge on any atom is 0.119 e. The lowest BCUT2D eigenvalue weighted by Crippen LogP contribution is -1.97. The van der Waals surface area contributed by atoms with Gasteiger partial charge in [-0.2, -0.15) is 0 Å². The molecule has 1 aromatic carbocycles. The van der Waals surface area contributed by atoms with Crippen molar-refractivity contribution in [3.63, 3.8) is 0 Å². The van der Waals surface area contributed by atoms with Crippen molar-refractivity contribution in [1.29, 1.82) is 0 Å². The number of ether oxygens (including phenoxy) is 1. The van der Waals surface area contributed by atoms with Gasteiger partial charge in [-0.1, -0.05) is 25.2 Å². The highest BCUT2D eigenvalue weighted by molar-refractivity contribution is 7.80. The van der Waals surface area contributed by atoms with Gasteiger partial charge in [0.2, 0.25) is 0 Å². The highest BCUT2D eigenvalue weighted by Crippen LogP contribution is 2.33. The highest BCUT2D eigenvalue weighted by Gasteiger charge is 2.23. The number of benzene rings is 1. The fraction of sp³-hybridized carbons (Fsp3) is 0.364. The molecule has 0 aromatic heterocycles. The van der Waals surface area contributed by atoms with Crippen molar-refractivity contribution in [3.05, 3.63) is 29.3 Å². The number of hydrogen-bond donors (Lipinski definition) is 0. The van der Waals surface area contributed by atoms with Crippen molar-refractivity contribution < 1.29 is 4.74 Å². The summed E-state index contributed by atoms with van der Waals surface area (Å²) in [6.45, 7) is 2.16. The van der Waals surface area contributed by atoms with Gasteiger partial charge in [-0.25, -0.2) is 0 Å². The Morgan fingerprint density at radius 1 is 1.46 bits per heavy atom. The normalized spacial score (nSPS) is 20.2. The zero-order valence-corrected chi connectivity index (χ0v) is 8.65. The quantitative estimate of drug-likeness (QED) is 0.633. The first-order valence-corrected chi connectivity index (χ1v) is 4.82. The molecule has 0 saturated carbocycles. The number of thiocarbonyl (C=S) groups is 1. The number of methoxy groups -OCH3 is 1. The minimum atomic E-state index is 0.417. The van der Waals surface area contributed by atoms with Crippen molar-refractivity contribution in [2.45, 2.75) is 19.3 Å². The Labute approximate surface area is 83.7 Å². The molecule has 1 atom stereocenters. The minimum Gasteiger partial charge on any atom is -0.497 e. The predicted octanol–water partition coefficient (Wildman–Crippen LogP) is 2.72. The van der Waals surface area contributed by atoms with Crippen LogP contribution in [0.2, 0.25) is 0 Å². The second-order valence-electron chi connectivity index (χ2n) is 3.43. The van der Waals surface area contributed by atoms with Crippen LogP contribution in [0.25, 0.3) is 0 Å². The smallest absolute Gasteiger partial charge is 0.119 e. The first-order chi connectivity index (χ1) is 6.22. The van der Waals surface area contributed by atoms with Crippen molar-refractivity contribution >= 4 is 17.1 Å². The Balaban J connectivity index is 2.47. The second kappa shape index (κ2) is 3.11. The molecule has 0 spiro atoms. The number of rotatable bonds is 1. The van der Waals surface area contributed by atoms with Crippen LogP contribution in [0.3, 0.4) is 0 Å². The van der Waals surface area contributed by atoms with E-state index in [9.17, 15) is 0 Å². The van der Waals surface area contributed by atoms with Gasteiger partial charge in [0, 0.05) is 17.2 Å². The van der Waals surface area contributed by atoms with Gasteiger partial charge in [-0.15, -0.1) is 0 Å². The molecule has 0 radical (unpaired) electrons. The number of hydrogen-bond acceptors (Lipinski definition) is 2. The molecule has 68 valence electrons. The largest absolute Gasteiger partial charge is 0.497 e. The van der Waals surface area contributed by atoms with Gasteiger partial charge >= 0.3 is 0 Å². The van der Waals surface area contributed by atoms with Crippen LogP contribution in [0.4, 0.5) is 0 Å². The molecule has 1 unspecified atom stereocenters. The SMILES string of the molecule is COc1ccc2c(c1)C(C)C(=S)C2. The minimum absolute atomic E-state index is 0.417. The van der Waals surface area contributed by atoms with Gasteiger partial charge in [-0.05, 0) is 23.3 Å². The van der Waals surface area contributed by atoms with E-state index < -0.39 is 0 Å². The summed E-state index contributed by atoms with van der Waals surface area (Å²) in [5.41, 5.74) is 2.70. The highest BCUT2D eigenvalue weighted by atomic mass is 32.1. The molecular formula is C11H12OS. The molecule has 0 saturated heterocycles. The molecule has 0 amide bonds. The third kappa shape index (κ3) is 1.35. The molecule has 2 heteroatoms. The van der Waals surface area contributed by atoms with Crippen molar-refractivity contribution in [1.82, 2.24) is 0 Å². The van der Waals surface area contributed by atoms with Crippen molar-refractivity contribution in [2.24, 2.45) is 0 Å². The fourth-order valence-corrected chi connectivity index (χ4v) is 2.06. The molecule has 1 aliphatic rings. The van der Waals surface area contributed by atoms with Crippen LogP contribution in [-0.2, 0) is 6.42 Å². The summed E-state index contributed by atoms with van der Waals surface area (Å²) in [4.78, 5) is 1.14. The van der Waals surface area contributed by atoms with E-state index in [1.54, 1.807) is 7.11 Å². The summed E-state index contributed by atoms with van der Waals surface area (Å²) in [5, 5.41) is 0. The van der Waals surface area contributed by atoms with Crippen LogP contribution in [0.1, 0.15) is 24.0 Å². The first kappa shape index (κ1) is 8.70. The van der Waals surface area contributed by atoms with E-state index in [0.717, 1.165) is 17.0 Å². The van der Waals surface area contributed by atoms with E-state index in [1.165, 1.54) is 11.1 Å². The van der Waals surface area contributed by atoms with Crippen LogP contribution in [0.5, 0.6) is 5.75 Å². The average molecular weight is 192 g/mol. The van der Waals surface area contributed by atoms with Gasteiger partial charge in [0.05, 0.1) is 7.11 Å². The predicted molar refractivity (Wildman–Crippen MR) is 57.7 cm³/mol. The lowest BCUT2D eigenvalue weighted by Gasteiger charge is -2.06. The molecule has 1 aromatic rings.